The van der Waals surface area contributed by atoms with Gasteiger partial charge in [0.15, 0.2) is 0 Å². The van der Waals surface area contributed by atoms with Crippen LogP contribution in [0.3, 0.4) is 0 Å². The first-order valence-electron chi connectivity index (χ1n) is 8.77. The number of fused-ring (bicyclic) bond motifs is 1. The molecule has 0 fully saturated rings. The molecule has 10 heteroatoms. The molecule has 3 aromatic rings. The highest BCUT2D eigenvalue weighted by Crippen LogP contribution is 2.23. The number of ether oxygens (including phenoxy) is 1. The predicted octanol–water partition coefficient (Wildman–Crippen LogP) is 2.81. The number of sulfonamides is 1. The quantitative estimate of drug-likeness (QED) is 0.341. The van der Waals surface area contributed by atoms with E-state index in [0.29, 0.717) is 22.5 Å². The van der Waals surface area contributed by atoms with E-state index >= 15 is 0 Å². The van der Waals surface area contributed by atoms with E-state index in [1.807, 2.05) is 6.07 Å². The molecule has 2 aromatic carbocycles. The van der Waals surface area contributed by atoms with Crippen LogP contribution in [0.1, 0.15) is 5.56 Å². The first kappa shape index (κ1) is 21.5. The van der Waals surface area contributed by atoms with Crippen LogP contribution in [0.15, 0.2) is 59.7 Å². The Morgan fingerprint density at radius 3 is 2.63 bits per heavy atom. The Kier molecular flexibility index (Phi) is 6.53. The van der Waals surface area contributed by atoms with Gasteiger partial charge in [-0.1, -0.05) is 29.8 Å². The van der Waals surface area contributed by atoms with Gasteiger partial charge in [0.2, 0.25) is 10.0 Å². The van der Waals surface area contributed by atoms with E-state index in [0.717, 1.165) is 15.9 Å². The first-order valence-corrected chi connectivity index (χ1v) is 11.0. The van der Waals surface area contributed by atoms with E-state index in [9.17, 15) is 13.2 Å². The van der Waals surface area contributed by atoms with Crippen LogP contribution in [0.25, 0.3) is 10.9 Å². The third-order valence-electron chi connectivity index (χ3n) is 4.13. The second kappa shape index (κ2) is 9.10. The molecule has 0 aliphatic rings. The summed E-state index contributed by atoms with van der Waals surface area (Å²) < 4.78 is 30.3. The Hall–Kier alpha value is -3.17. The summed E-state index contributed by atoms with van der Waals surface area (Å²) in [6.07, 6.45) is 2.39. The highest BCUT2D eigenvalue weighted by molar-refractivity contribution is 7.92. The maximum absolute atomic E-state index is 12.2. The number of carbonyl (C=O) groups is 1. The van der Waals surface area contributed by atoms with Crippen LogP contribution >= 0.6 is 11.6 Å². The van der Waals surface area contributed by atoms with Crippen molar-refractivity contribution in [3.8, 4) is 5.75 Å². The van der Waals surface area contributed by atoms with Crippen LogP contribution in [0.4, 0.5) is 5.69 Å². The molecule has 8 nitrogen and oxygen atoms in total. The van der Waals surface area contributed by atoms with Crippen molar-refractivity contribution in [3.63, 3.8) is 0 Å². The minimum atomic E-state index is -3.65. The summed E-state index contributed by atoms with van der Waals surface area (Å²) in [5.74, 6) is 0.0590. The molecule has 0 aliphatic heterocycles. The number of pyridine rings is 1. The summed E-state index contributed by atoms with van der Waals surface area (Å²) in [6, 6.07) is 15.5. The smallest absolute Gasteiger partial charge is 0.260 e. The van der Waals surface area contributed by atoms with Gasteiger partial charge in [0.05, 0.1) is 30.8 Å². The van der Waals surface area contributed by atoms with E-state index in [1.54, 1.807) is 55.6 Å². The Morgan fingerprint density at radius 1 is 1.23 bits per heavy atom. The molecule has 0 saturated heterocycles. The third-order valence-corrected chi connectivity index (χ3v) is 5.57. The molecule has 3 rings (SSSR count). The van der Waals surface area contributed by atoms with Gasteiger partial charge < -0.3 is 4.74 Å². The monoisotopic (exact) mass is 446 g/mol. The standard InChI is InChI=1S/C20H19ClN4O4S/c1-29-17-9-8-14-10-15(20(21)23-18(14)11-17)12-22-24-19(26)13-25(30(2,27)28)16-6-4-3-5-7-16/h3-12H,13H2,1-2H3,(H,24,26)/b22-12-. The molecule has 0 atom stereocenters. The summed E-state index contributed by atoms with van der Waals surface area (Å²) >= 11 is 6.19. The fourth-order valence-electron chi connectivity index (χ4n) is 2.69. The van der Waals surface area contributed by atoms with Gasteiger partial charge in [0, 0.05) is 17.0 Å². The van der Waals surface area contributed by atoms with E-state index in [4.69, 9.17) is 16.3 Å². The zero-order valence-electron chi connectivity index (χ0n) is 16.2. The molecule has 0 unspecified atom stereocenters. The van der Waals surface area contributed by atoms with Gasteiger partial charge in [0.25, 0.3) is 5.91 Å². The Balaban J connectivity index is 1.73. The van der Waals surface area contributed by atoms with Gasteiger partial charge in [-0.3, -0.25) is 9.10 Å². The molecule has 0 bridgehead atoms. The summed E-state index contributed by atoms with van der Waals surface area (Å²) in [6.45, 7) is -0.413. The molecular weight excluding hydrogens is 428 g/mol. The number of benzene rings is 2. The number of halogens is 1. The van der Waals surface area contributed by atoms with Crippen molar-refractivity contribution < 1.29 is 17.9 Å². The topological polar surface area (TPSA) is 101 Å². The van der Waals surface area contributed by atoms with Crippen LogP contribution in [-0.4, -0.2) is 45.4 Å². The summed E-state index contributed by atoms with van der Waals surface area (Å²) in [4.78, 5) is 16.5. The average Bonchev–Trinajstić information content (AvgIpc) is 2.71. The van der Waals surface area contributed by atoms with Crippen molar-refractivity contribution in [1.82, 2.24) is 10.4 Å². The SMILES string of the molecule is COc1ccc2cc(/C=N\NC(=O)CN(c3ccccc3)S(C)(=O)=O)c(Cl)nc2c1. The van der Waals surface area contributed by atoms with Crippen molar-refractivity contribution in [2.75, 3.05) is 24.2 Å². The third kappa shape index (κ3) is 5.25. The van der Waals surface area contributed by atoms with E-state index in [1.165, 1.54) is 6.21 Å². The van der Waals surface area contributed by atoms with Crippen LogP contribution in [0.5, 0.6) is 5.75 Å². The summed E-state index contributed by atoms with van der Waals surface area (Å²) in [7, 11) is -2.08. The number of nitrogens with zero attached hydrogens (tertiary/aromatic N) is 3. The molecule has 1 amide bonds. The number of hydrogen-bond acceptors (Lipinski definition) is 6. The van der Waals surface area contributed by atoms with Crippen molar-refractivity contribution in [3.05, 3.63) is 65.3 Å². The normalized spacial score (nSPS) is 11.6. The number of amides is 1. The number of aromatic nitrogens is 1. The van der Waals surface area contributed by atoms with Crippen molar-refractivity contribution in [1.29, 1.82) is 0 Å². The number of carbonyl (C=O) groups excluding carboxylic acids is 1. The molecule has 1 N–H and O–H groups in total. The minimum absolute atomic E-state index is 0.204. The maximum atomic E-state index is 12.2. The lowest BCUT2D eigenvalue weighted by molar-refractivity contribution is -0.119. The Bertz CT molecular complexity index is 1200. The zero-order chi connectivity index (χ0) is 21.7. The lowest BCUT2D eigenvalue weighted by Gasteiger charge is -2.21. The number of nitrogens with one attached hydrogen (secondary N) is 1. The van der Waals surface area contributed by atoms with Crippen LogP contribution in [-0.2, 0) is 14.8 Å². The lowest BCUT2D eigenvalue weighted by atomic mass is 10.1. The molecule has 1 heterocycles. The molecule has 0 aliphatic carbocycles. The maximum Gasteiger partial charge on any atom is 0.260 e. The van der Waals surface area contributed by atoms with Crippen LogP contribution < -0.4 is 14.5 Å². The highest BCUT2D eigenvalue weighted by atomic mass is 35.5. The Morgan fingerprint density at radius 2 is 1.97 bits per heavy atom. The van der Waals surface area contributed by atoms with Gasteiger partial charge in [-0.2, -0.15) is 5.10 Å². The number of hydrogen-bond donors (Lipinski definition) is 1. The molecule has 1 aromatic heterocycles. The van der Waals surface area contributed by atoms with Crippen LogP contribution in [0, 0.1) is 0 Å². The minimum Gasteiger partial charge on any atom is -0.497 e. The molecule has 30 heavy (non-hydrogen) atoms. The molecule has 156 valence electrons. The van der Waals surface area contributed by atoms with Gasteiger partial charge >= 0.3 is 0 Å². The summed E-state index contributed by atoms with van der Waals surface area (Å²) in [5, 5.41) is 4.90. The number of para-hydroxylation sites is 1. The van der Waals surface area contributed by atoms with E-state index in [-0.39, 0.29) is 5.15 Å². The highest BCUT2D eigenvalue weighted by Gasteiger charge is 2.20. The molecule has 0 spiro atoms. The Labute approximate surface area is 179 Å². The van der Waals surface area contributed by atoms with Gasteiger partial charge in [0.1, 0.15) is 17.4 Å². The lowest BCUT2D eigenvalue weighted by Crippen LogP contribution is -2.38. The second-order valence-corrected chi connectivity index (χ2v) is 8.59. The number of methoxy groups -OCH3 is 1. The number of rotatable bonds is 7. The predicted molar refractivity (Wildman–Crippen MR) is 118 cm³/mol. The fourth-order valence-corrected chi connectivity index (χ4v) is 3.74. The molecular formula is C20H19ClN4O4S. The average molecular weight is 447 g/mol. The first-order chi connectivity index (χ1) is 14.3. The van der Waals surface area contributed by atoms with E-state index < -0.39 is 22.5 Å². The van der Waals surface area contributed by atoms with Gasteiger partial charge in [-0.15, -0.1) is 0 Å². The van der Waals surface area contributed by atoms with Gasteiger partial charge in [-0.05, 0) is 30.3 Å². The van der Waals surface area contributed by atoms with Crippen molar-refractivity contribution in [2.45, 2.75) is 0 Å². The van der Waals surface area contributed by atoms with Crippen molar-refractivity contribution in [2.24, 2.45) is 5.10 Å². The van der Waals surface area contributed by atoms with Crippen molar-refractivity contribution >= 4 is 50.3 Å². The number of anilines is 1. The fraction of sp³-hybridized carbons (Fsp3) is 0.150. The molecule has 0 saturated carbocycles. The summed E-state index contributed by atoms with van der Waals surface area (Å²) in [5.41, 5.74) is 3.86. The van der Waals surface area contributed by atoms with E-state index in [2.05, 4.69) is 15.5 Å². The number of hydrazone groups is 1. The van der Waals surface area contributed by atoms with Crippen LogP contribution in [0.2, 0.25) is 5.15 Å². The largest absolute Gasteiger partial charge is 0.497 e. The zero-order valence-corrected chi connectivity index (χ0v) is 17.8. The second-order valence-electron chi connectivity index (χ2n) is 6.33. The molecule has 0 radical (unpaired) electrons. The van der Waals surface area contributed by atoms with Gasteiger partial charge in [-0.25, -0.2) is 18.8 Å².